The van der Waals surface area contributed by atoms with Gasteiger partial charge in [-0.05, 0) is 43.5 Å². The third-order valence-corrected chi connectivity index (χ3v) is 3.21. The summed E-state index contributed by atoms with van der Waals surface area (Å²) in [4.78, 5) is 0. The van der Waals surface area contributed by atoms with Crippen molar-refractivity contribution in [2.75, 3.05) is 0 Å². The average Bonchev–Trinajstić information content (AvgIpc) is 2.74. The van der Waals surface area contributed by atoms with Crippen molar-refractivity contribution in [1.29, 1.82) is 0 Å². The molecule has 1 nitrogen and oxygen atoms in total. The van der Waals surface area contributed by atoms with Crippen LogP contribution in [-0.4, -0.2) is 4.57 Å². The Kier molecular flexibility index (Phi) is 3.55. The SMILES string of the molecule is CC(C)c1c(-c2ccc(F)cc2)ccn1C(C)C. The van der Waals surface area contributed by atoms with E-state index in [0.29, 0.717) is 12.0 Å². The molecule has 0 atom stereocenters. The summed E-state index contributed by atoms with van der Waals surface area (Å²) >= 11 is 0. The van der Waals surface area contributed by atoms with Gasteiger partial charge in [-0.25, -0.2) is 4.39 Å². The summed E-state index contributed by atoms with van der Waals surface area (Å²) in [5, 5.41) is 0. The van der Waals surface area contributed by atoms with Gasteiger partial charge < -0.3 is 4.57 Å². The minimum absolute atomic E-state index is 0.187. The molecular formula is C16H20FN. The molecule has 1 heterocycles. The Morgan fingerprint density at radius 3 is 2.06 bits per heavy atom. The van der Waals surface area contributed by atoms with Crippen molar-refractivity contribution in [1.82, 2.24) is 4.57 Å². The highest BCUT2D eigenvalue weighted by molar-refractivity contribution is 5.67. The van der Waals surface area contributed by atoms with Crippen LogP contribution in [0.5, 0.6) is 0 Å². The number of hydrogen-bond donors (Lipinski definition) is 0. The first-order chi connectivity index (χ1) is 8.50. The fraction of sp³-hybridized carbons (Fsp3) is 0.375. The monoisotopic (exact) mass is 245 g/mol. The number of nitrogens with zero attached hydrogens (tertiary/aromatic N) is 1. The molecule has 96 valence electrons. The van der Waals surface area contributed by atoms with Crippen molar-refractivity contribution >= 4 is 0 Å². The number of halogens is 1. The second kappa shape index (κ2) is 4.97. The highest BCUT2D eigenvalue weighted by Crippen LogP contribution is 2.32. The zero-order valence-electron chi connectivity index (χ0n) is 11.4. The molecule has 2 aromatic rings. The minimum atomic E-state index is -0.187. The third-order valence-electron chi connectivity index (χ3n) is 3.21. The molecule has 0 aliphatic rings. The molecule has 0 N–H and O–H groups in total. The fourth-order valence-corrected chi connectivity index (χ4v) is 2.39. The van der Waals surface area contributed by atoms with Crippen LogP contribution in [0.15, 0.2) is 36.5 Å². The zero-order chi connectivity index (χ0) is 13.3. The quantitative estimate of drug-likeness (QED) is 0.717. The summed E-state index contributed by atoms with van der Waals surface area (Å²) in [6.07, 6.45) is 2.12. The van der Waals surface area contributed by atoms with Gasteiger partial charge in [0.2, 0.25) is 0 Å². The first-order valence-electron chi connectivity index (χ1n) is 6.47. The van der Waals surface area contributed by atoms with Crippen molar-refractivity contribution in [2.24, 2.45) is 0 Å². The van der Waals surface area contributed by atoms with E-state index in [1.165, 1.54) is 23.4 Å². The normalized spacial score (nSPS) is 11.5. The lowest BCUT2D eigenvalue weighted by Crippen LogP contribution is -2.06. The summed E-state index contributed by atoms with van der Waals surface area (Å²) < 4.78 is 15.3. The van der Waals surface area contributed by atoms with E-state index in [-0.39, 0.29) is 5.82 Å². The van der Waals surface area contributed by atoms with Crippen LogP contribution in [0.1, 0.15) is 45.3 Å². The van der Waals surface area contributed by atoms with Crippen LogP contribution < -0.4 is 0 Å². The molecule has 0 spiro atoms. The van der Waals surface area contributed by atoms with Crippen LogP contribution in [-0.2, 0) is 0 Å². The maximum Gasteiger partial charge on any atom is 0.123 e. The first kappa shape index (κ1) is 12.9. The van der Waals surface area contributed by atoms with Gasteiger partial charge in [0.25, 0.3) is 0 Å². The van der Waals surface area contributed by atoms with Gasteiger partial charge in [0.05, 0.1) is 0 Å². The van der Waals surface area contributed by atoms with E-state index in [1.807, 2.05) is 12.1 Å². The van der Waals surface area contributed by atoms with Crippen LogP contribution in [0, 0.1) is 5.82 Å². The summed E-state index contributed by atoms with van der Waals surface area (Å²) in [5.74, 6) is 0.260. The van der Waals surface area contributed by atoms with Crippen LogP contribution >= 0.6 is 0 Å². The summed E-state index contributed by atoms with van der Waals surface area (Å²) in [6, 6.07) is 9.31. The van der Waals surface area contributed by atoms with E-state index in [9.17, 15) is 4.39 Å². The van der Waals surface area contributed by atoms with Gasteiger partial charge in [0, 0.05) is 23.5 Å². The number of aromatic nitrogens is 1. The molecule has 0 aliphatic heterocycles. The molecule has 0 radical (unpaired) electrons. The molecule has 2 heteroatoms. The highest BCUT2D eigenvalue weighted by atomic mass is 19.1. The maximum atomic E-state index is 13.0. The Balaban J connectivity index is 2.54. The van der Waals surface area contributed by atoms with Crippen LogP contribution in [0.3, 0.4) is 0 Å². The number of hydrogen-bond acceptors (Lipinski definition) is 0. The van der Waals surface area contributed by atoms with Gasteiger partial charge in [-0.3, -0.25) is 0 Å². The molecule has 1 aromatic carbocycles. The van der Waals surface area contributed by atoms with Crippen LogP contribution in [0.4, 0.5) is 4.39 Å². The van der Waals surface area contributed by atoms with Crippen molar-refractivity contribution in [3.8, 4) is 11.1 Å². The van der Waals surface area contributed by atoms with Crippen molar-refractivity contribution in [3.05, 3.63) is 48.0 Å². The molecule has 0 aliphatic carbocycles. The Labute approximate surface area is 108 Å². The molecule has 0 saturated heterocycles. The van der Waals surface area contributed by atoms with Crippen LogP contribution in [0.25, 0.3) is 11.1 Å². The zero-order valence-corrected chi connectivity index (χ0v) is 11.4. The van der Waals surface area contributed by atoms with E-state index in [4.69, 9.17) is 0 Å². The van der Waals surface area contributed by atoms with E-state index in [0.717, 1.165) is 5.56 Å². The molecule has 0 fully saturated rings. The molecule has 0 unspecified atom stereocenters. The smallest absolute Gasteiger partial charge is 0.123 e. The van der Waals surface area contributed by atoms with Gasteiger partial charge >= 0.3 is 0 Å². The largest absolute Gasteiger partial charge is 0.348 e. The second-order valence-electron chi connectivity index (χ2n) is 5.28. The molecule has 0 amide bonds. The van der Waals surface area contributed by atoms with Crippen molar-refractivity contribution in [3.63, 3.8) is 0 Å². The predicted molar refractivity (Wildman–Crippen MR) is 74.3 cm³/mol. The van der Waals surface area contributed by atoms with Gasteiger partial charge in [0.15, 0.2) is 0 Å². The molecule has 2 rings (SSSR count). The lowest BCUT2D eigenvalue weighted by atomic mass is 9.99. The number of benzene rings is 1. The lowest BCUT2D eigenvalue weighted by molar-refractivity contribution is 0.561. The lowest BCUT2D eigenvalue weighted by Gasteiger charge is -2.17. The standard InChI is InChI=1S/C16H20FN/c1-11(2)16-15(9-10-18(16)12(3)4)13-5-7-14(17)8-6-13/h5-12H,1-4H3. The average molecular weight is 245 g/mol. The van der Waals surface area contributed by atoms with Crippen LogP contribution in [0.2, 0.25) is 0 Å². The molecule has 18 heavy (non-hydrogen) atoms. The maximum absolute atomic E-state index is 13.0. The van der Waals surface area contributed by atoms with Gasteiger partial charge in [-0.2, -0.15) is 0 Å². The minimum Gasteiger partial charge on any atom is -0.348 e. The Morgan fingerprint density at radius 2 is 1.56 bits per heavy atom. The van der Waals surface area contributed by atoms with E-state index in [2.05, 4.69) is 44.5 Å². The van der Waals surface area contributed by atoms with Crippen molar-refractivity contribution < 1.29 is 4.39 Å². The molecule has 1 aromatic heterocycles. The Hall–Kier alpha value is -1.57. The Morgan fingerprint density at radius 1 is 0.944 bits per heavy atom. The fourth-order valence-electron chi connectivity index (χ4n) is 2.39. The van der Waals surface area contributed by atoms with Gasteiger partial charge in [-0.1, -0.05) is 26.0 Å². The summed E-state index contributed by atoms with van der Waals surface area (Å²) in [6.45, 7) is 8.75. The molecule has 0 bridgehead atoms. The van der Waals surface area contributed by atoms with E-state index in [1.54, 1.807) is 0 Å². The van der Waals surface area contributed by atoms with Gasteiger partial charge in [0.1, 0.15) is 5.82 Å². The summed E-state index contributed by atoms with van der Waals surface area (Å²) in [7, 11) is 0. The van der Waals surface area contributed by atoms with E-state index < -0.39 is 0 Å². The molecular weight excluding hydrogens is 225 g/mol. The highest BCUT2D eigenvalue weighted by Gasteiger charge is 2.15. The third kappa shape index (κ3) is 2.33. The first-order valence-corrected chi connectivity index (χ1v) is 6.47. The van der Waals surface area contributed by atoms with E-state index >= 15 is 0 Å². The number of rotatable bonds is 3. The Bertz CT molecular complexity index is 521. The predicted octanol–water partition coefficient (Wildman–Crippen LogP) is 5.00. The van der Waals surface area contributed by atoms with Crippen molar-refractivity contribution in [2.45, 2.75) is 39.7 Å². The topological polar surface area (TPSA) is 4.93 Å². The van der Waals surface area contributed by atoms with Gasteiger partial charge in [-0.15, -0.1) is 0 Å². The molecule has 0 saturated carbocycles. The summed E-state index contributed by atoms with van der Waals surface area (Å²) in [5.41, 5.74) is 3.61. The second-order valence-corrected chi connectivity index (χ2v) is 5.28.